The van der Waals surface area contributed by atoms with Crippen LogP contribution in [-0.2, 0) is 5.75 Å². The lowest BCUT2D eigenvalue weighted by Gasteiger charge is -2.05. The second-order valence-electron chi connectivity index (χ2n) is 5.24. The lowest BCUT2D eigenvalue weighted by molar-refractivity contribution is 0.0729. The minimum absolute atomic E-state index is 0.154. The second-order valence-corrected chi connectivity index (χ2v) is 7.10. The van der Waals surface area contributed by atoms with Crippen molar-refractivity contribution in [2.24, 2.45) is 0 Å². The summed E-state index contributed by atoms with van der Waals surface area (Å²) in [5.74, 6) is 0.0479. The van der Waals surface area contributed by atoms with Crippen LogP contribution in [0.3, 0.4) is 0 Å². The van der Waals surface area contributed by atoms with Crippen molar-refractivity contribution >= 4 is 33.7 Å². The maximum Gasteiger partial charge on any atom is 0.343 e. The van der Waals surface area contributed by atoms with Crippen LogP contribution in [0.2, 0.25) is 0 Å². The van der Waals surface area contributed by atoms with Gasteiger partial charge in [0.25, 0.3) is 0 Å². The molecule has 1 aromatic carbocycles. The third kappa shape index (κ3) is 4.80. The van der Waals surface area contributed by atoms with Crippen LogP contribution in [0.5, 0.6) is 5.75 Å². The number of aryl methyl sites for hydroxylation is 1. The third-order valence-corrected chi connectivity index (χ3v) is 4.66. The molecule has 0 saturated heterocycles. The van der Waals surface area contributed by atoms with Crippen LogP contribution in [0, 0.1) is 6.92 Å². The molecule has 3 rings (SSSR count). The van der Waals surface area contributed by atoms with Gasteiger partial charge in [0.1, 0.15) is 12.0 Å². The molecule has 8 heteroatoms. The molecule has 0 bridgehead atoms. The number of ether oxygens (including phenoxy) is 1. The number of thioether (sulfide) groups is 1. The van der Waals surface area contributed by atoms with E-state index in [0.717, 1.165) is 16.4 Å². The summed E-state index contributed by atoms with van der Waals surface area (Å²) in [7, 11) is 0. The van der Waals surface area contributed by atoms with Crippen molar-refractivity contribution in [1.29, 1.82) is 0 Å². The Morgan fingerprint density at radius 2 is 2.04 bits per heavy atom. The highest BCUT2D eigenvalue weighted by atomic mass is 79.9. The van der Waals surface area contributed by atoms with Crippen LogP contribution in [0.15, 0.2) is 67.7 Å². The topological polar surface area (TPSA) is 82.3 Å². The summed E-state index contributed by atoms with van der Waals surface area (Å²) in [6, 6.07) is 9.73. The number of halogens is 1. The van der Waals surface area contributed by atoms with E-state index in [1.54, 1.807) is 36.5 Å². The van der Waals surface area contributed by atoms with Gasteiger partial charge < -0.3 is 9.15 Å². The van der Waals surface area contributed by atoms with E-state index in [1.807, 2.05) is 6.92 Å². The predicted molar refractivity (Wildman–Crippen MR) is 100 cm³/mol. The fourth-order valence-corrected chi connectivity index (χ4v) is 3.00. The maximum atomic E-state index is 12.1. The van der Waals surface area contributed by atoms with Crippen LogP contribution in [0.1, 0.15) is 21.8 Å². The van der Waals surface area contributed by atoms with Crippen molar-refractivity contribution in [1.82, 2.24) is 9.97 Å². The molecule has 6 nitrogen and oxygen atoms in total. The van der Waals surface area contributed by atoms with Crippen LogP contribution >= 0.6 is 27.7 Å². The molecule has 0 aliphatic heterocycles. The van der Waals surface area contributed by atoms with Gasteiger partial charge in [0.15, 0.2) is 5.16 Å². The number of esters is 1. The smallest absolute Gasteiger partial charge is 0.343 e. The monoisotopic (exact) mass is 432 g/mol. The molecule has 0 amide bonds. The SMILES string of the molecule is Cc1ccnc(SCc2cc(=O)c(OC(=O)c3ccc(Br)cc3)co2)n1. The average molecular weight is 433 g/mol. The van der Waals surface area contributed by atoms with Gasteiger partial charge >= 0.3 is 5.97 Å². The number of hydrogen-bond acceptors (Lipinski definition) is 7. The molecule has 0 fully saturated rings. The summed E-state index contributed by atoms with van der Waals surface area (Å²) in [5.41, 5.74) is 0.769. The number of aromatic nitrogens is 2. The van der Waals surface area contributed by atoms with Gasteiger partial charge in [-0.25, -0.2) is 14.8 Å². The van der Waals surface area contributed by atoms with Gasteiger partial charge in [-0.2, -0.15) is 0 Å². The lowest BCUT2D eigenvalue weighted by Crippen LogP contribution is -2.14. The summed E-state index contributed by atoms with van der Waals surface area (Å²) in [5, 5.41) is 0.596. The van der Waals surface area contributed by atoms with E-state index in [9.17, 15) is 9.59 Å². The summed E-state index contributed by atoms with van der Waals surface area (Å²) >= 11 is 4.64. The standard InChI is InChI=1S/C18H13BrN2O4S/c1-11-6-7-20-18(21-11)26-10-14-8-15(22)16(9-24-14)25-17(23)12-2-4-13(19)5-3-12/h2-9H,10H2,1H3. The Bertz CT molecular complexity index is 989. The van der Waals surface area contributed by atoms with E-state index < -0.39 is 11.4 Å². The highest BCUT2D eigenvalue weighted by molar-refractivity contribution is 9.10. The molecular formula is C18H13BrN2O4S. The molecule has 26 heavy (non-hydrogen) atoms. The van der Waals surface area contributed by atoms with Gasteiger partial charge in [0.2, 0.25) is 11.2 Å². The van der Waals surface area contributed by atoms with Crippen molar-refractivity contribution < 1.29 is 13.9 Å². The number of carbonyl (C=O) groups excluding carboxylic acids is 1. The number of hydrogen-bond donors (Lipinski definition) is 0. The first-order chi connectivity index (χ1) is 12.5. The Kier molecular flexibility index (Phi) is 5.85. The maximum absolute atomic E-state index is 12.1. The Balaban J connectivity index is 1.66. The molecule has 0 spiro atoms. The van der Waals surface area contributed by atoms with E-state index in [4.69, 9.17) is 9.15 Å². The van der Waals surface area contributed by atoms with E-state index in [0.29, 0.717) is 22.2 Å². The third-order valence-electron chi connectivity index (χ3n) is 3.25. The second kappa shape index (κ2) is 8.29. The summed E-state index contributed by atoms with van der Waals surface area (Å²) in [4.78, 5) is 32.6. The molecule has 2 aromatic heterocycles. The number of benzene rings is 1. The summed E-state index contributed by atoms with van der Waals surface area (Å²) < 4.78 is 11.3. The molecular weight excluding hydrogens is 420 g/mol. The first-order valence-corrected chi connectivity index (χ1v) is 9.31. The summed E-state index contributed by atoms with van der Waals surface area (Å²) in [6.07, 6.45) is 2.82. The van der Waals surface area contributed by atoms with Crippen LogP contribution in [-0.4, -0.2) is 15.9 Å². The number of rotatable bonds is 5. The Morgan fingerprint density at radius 1 is 1.27 bits per heavy atom. The fraction of sp³-hybridized carbons (Fsp3) is 0.111. The quantitative estimate of drug-likeness (QED) is 0.342. The van der Waals surface area contributed by atoms with E-state index in [1.165, 1.54) is 17.8 Å². The van der Waals surface area contributed by atoms with Gasteiger partial charge in [0, 0.05) is 22.4 Å². The largest absolute Gasteiger partial charge is 0.464 e. The Hall–Kier alpha value is -2.45. The number of nitrogens with zero attached hydrogens (tertiary/aromatic N) is 2. The molecule has 0 radical (unpaired) electrons. The molecule has 2 heterocycles. The molecule has 132 valence electrons. The van der Waals surface area contributed by atoms with Crippen molar-refractivity contribution in [2.75, 3.05) is 0 Å². The average Bonchev–Trinajstić information content (AvgIpc) is 2.62. The van der Waals surface area contributed by atoms with Crippen molar-refractivity contribution in [2.45, 2.75) is 17.8 Å². The Morgan fingerprint density at radius 3 is 2.73 bits per heavy atom. The van der Waals surface area contributed by atoms with Crippen LogP contribution in [0.25, 0.3) is 0 Å². The minimum Gasteiger partial charge on any atom is -0.464 e. The zero-order valence-electron chi connectivity index (χ0n) is 13.6. The molecule has 0 atom stereocenters. The van der Waals surface area contributed by atoms with Gasteiger partial charge in [-0.05, 0) is 37.3 Å². The van der Waals surface area contributed by atoms with Gasteiger partial charge in [-0.1, -0.05) is 27.7 Å². The van der Waals surface area contributed by atoms with E-state index >= 15 is 0 Å². The first-order valence-electron chi connectivity index (χ1n) is 7.53. The molecule has 0 unspecified atom stereocenters. The number of carbonyl (C=O) groups is 1. The van der Waals surface area contributed by atoms with Crippen LogP contribution < -0.4 is 10.2 Å². The van der Waals surface area contributed by atoms with Crippen LogP contribution in [0.4, 0.5) is 0 Å². The molecule has 0 aliphatic carbocycles. The van der Waals surface area contributed by atoms with Crippen molar-refractivity contribution in [3.05, 3.63) is 80.6 Å². The fourth-order valence-electron chi connectivity index (χ4n) is 1.96. The highest BCUT2D eigenvalue weighted by Gasteiger charge is 2.13. The summed E-state index contributed by atoms with van der Waals surface area (Å²) in [6.45, 7) is 1.88. The lowest BCUT2D eigenvalue weighted by atomic mass is 10.2. The highest BCUT2D eigenvalue weighted by Crippen LogP contribution is 2.19. The van der Waals surface area contributed by atoms with Crippen molar-refractivity contribution in [3.63, 3.8) is 0 Å². The predicted octanol–water partition coefficient (Wildman–Crippen LogP) is 4.01. The Labute approximate surface area is 161 Å². The normalized spacial score (nSPS) is 10.5. The molecule has 0 N–H and O–H groups in total. The van der Waals surface area contributed by atoms with Gasteiger partial charge in [-0.15, -0.1) is 0 Å². The zero-order valence-corrected chi connectivity index (χ0v) is 16.0. The molecule has 3 aromatic rings. The minimum atomic E-state index is -0.625. The molecule has 0 aliphatic rings. The van der Waals surface area contributed by atoms with E-state index in [2.05, 4.69) is 25.9 Å². The van der Waals surface area contributed by atoms with Crippen molar-refractivity contribution in [3.8, 4) is 5.75 Å². The molecule has 0 saturated carbocycles. The van der Waals surface area contributed by atoms with E-state index in [-0.39, 0.29) is 5.75 Å². The van der Waals surface area contributed by atoms with Gasteiger partial charge in [0.05, 0.1) is 11.3 Å². The zero-order chi connectivity index (χ0) is 18.5. The first kappa shape index (κ1) is 18.3. The van der Waals surface area contributed by atoms with Gasteiger partial charge in [-0.3, -0.25) is 4.79 Å².